The molecule has 3 aromatic heterocycles. The fraction of sp³-hybridized carbons (Fsp3) is 0.133. The van der Waals surface area contributed by atoms with Gasteiger partial charge in [0.25, 0.3) is 0 Å². The van der Waals surface area contributed by atoms with E-state index in [-0.39, 0.29) is 5.28 Å². The summed E-state index contributed by atoms with van der Waals surface area (Å²) in [5, 5.41) is 1.28. The highest BCUT2D eigenvalue weighted by Gasteiger charge is 2.14. The number of thiophene rings is 1. The minimum Gasteiger partial charge on any atom is -0.282 e. The fourth-order valence-corrected chi connectivity index (χ4v) is 3.59. The van der Waals surface area contributed by atoms with Crippen LogP contribution in [0.1, 0.15) is 11.8 Å². The van der Waals surface area contributed by atoms with Crippen LogP contribution in [0.5, 0.6) is 0 Å². The van der Waals surface area contributed by atoms with Crippen LogP contribution in [0.3, 0.4) is 0 Å². The first-order valence-corrected chi connectivity index (χ1v) is 7.84. The lowest BCUT2D eigenvalue weighted by molar-refractivity contribution is 1.02. The van der Waals surface area contributed by atoms with Crippen molar-refractivity contribution < 1.29 is 0 Å². The number of benzene rings is 1. The van der Waals surface area contributed by atoms with E-state index in [1.54, 1.807) is 17.7 Å². The summed E-state index contributed by atoms with van der Waals surface area (Å²) in [4.78, 5) is 15.4. The van der Waals surface area contributed by atoms with Crippen molar-refractivity contribution in [3.63, 3.8) is 0 Å². The second kappa shape index (κ2) is 4.79. The van der Waals surface area contributed by atoms with Gasteiger partial charge in [0.2, 0.25) is 5.28 Å². The lowest BCUT2D eigenvalue weighted by atomic mass is 10.3. The first-order valence-electron chi connectivity index (χ1n) is 6.64. The number of aromatic nitrogens is 4. The highest BCUT2D eigenvalue weighted by Crippen LogP contribution is 2.30. The van der Waals surface area contributed by atoms with Crippen LogP contribution in [0.25, 0.3) is 27.1 Å². The lowest BCUT2D eigenvalue weighted by Crippen LogP contribution is -1.98. The summed E-state index contributed by atoms with van der Waals surface area (Å²) in [6.07, 6.45) is 2.76. The van der Waals surface area contributed by atoms with Crippen LogP contribution in [-0.4, -0.2) is 19.5 Å². The summed E-state index contributed by atoms with van der Waals surface area (Å²) >= 11 is 7.75. The standard InChI is InChI=1S/C15H11ClN4S/c1-2-9-7-10-13(18-15(16)19-14(10)21-9)20-8-17-11-5-3-4-6-12(11)20/h3-8H,2H2,1H3. The summed E-state index contributed by atoms with van der Waals surface area (Å²) in [5.74, 6) is 0.787. The monoisotopic (exact) mass is 314 g/mol. The summed E-state index contributed by atoms with van der Waals surface area (Å²) in [6.45, 7) is 2.13. The molecule has 21 heavy (non-hydrogen) atoms. The van der Waals surface area contributed by atoms with Gasteiger partial charge in [0.15, 0.2) is 5.82 Å². The zero-order valence-corrected chi connectivity index (χ0v) is 12.8. The SMILES string of the molecule is CCc1cc2c(-n3cnc4ccccc43)nc(Cl)nc2s1. The van der Waals surface area contributed by atoms with Crippen molar-refractivity contribution in [2.75, 3.05) is 0 Å². The predicted octanol–water partition coefficient (Wildman–Crippen LogP) is 4.25. The van der Waals surface area contributed by atoms with E-state index in [2.05, 4.69) is 27.9 Å². The molecule has 4 rings (SSSR count). The summed E-state index contributed by atoms with van der Waals surface area (Å²) in [7, 11) is 0. The molecule has 4 nitrogen and oxygen atoms in total. The Bertz CT molecular complexity index is 957. The molecule has 0 saturated carbocycles. The van der Waals surface area contributed by atoms with E-state index in [1.807, 2.05) is 28.8 Å². The molecule has 6 heteroatoms. The van der Waals surface area contributed by atoms with Crippen LogP contribution >= 0.6 is 22.9 Å². The van der Waals surface area contributed by atoms with Crippen molar-refractivity contribution in [1.82, 2.24) is 19.5 Å². The van der Waals surface area contributed by atoms with Crippen LogP contribution in [0.2, 0.25) is 5.28 Å². The van der Waals surface area contributed by atoms with Gasteiger partial charge in [-0.05, 0) is 36.2 Å². The smallest absolute Gasteiger partial charge is 0.225 e. The molecule has 0 N–H and O–H groups in total. The summed E-state index contributed by atoms with van der Waals surface area (Å²) in [6, 6.07) is 10.1. The number of aryl methyl sites for hydroxylation is 1. The van der Waals surface area contributed by atoms with Gasteiger partial charge in [0.1, 0.15) is 11.2 Å². The van der Waals surface area contributed by atoms with E-state index >= 15 is 0 Å². The van der Waals surface area contributed by atoms with Crippen molar-refractivity contribution in [2.24, 2.45) is 0 Å². The van der Waals surface area contributed by atoms with Crippen LogP contribution in [-0.2, 0) is 6.42 Å². The number of hydrogen-bond donors (Lipinski definition) is 0. The molecular weight excluding hydrogens is 304 g/mol. The van der Waals surface area contributed by atoms with Crippen molar-refractivity contribution in [2.45, 2.75) is 13.3 Å². The number of nitrogens with zero attached hydrogens (tertiary/aromatic N) is 4. The molecule has 0 aliphatic carbocycles. The summed E-state index contributed by atoms with van der Waals surface area (Å²) in [5.41, 5.74) is 1.95. The van der Waals surface area contributed by atoms with Crippen molar-refractivity contribution in [3.05, 3.63) is 46.8 Å². The molecule has 0 bridgehead atoms. The zero-order valence-electron chi connectivity index (χ0n) is 11.2. The third-order valence-corrected chi connectivity index (χ3v) is 4.77. The van der Waals surface area contributed by atoms with Gasteiger partial charge >= 0.3 is 0 Å². The van der Waals surface area contributed by atoms with Gasteiger partial charge in [-0.15, -0.1) is 11.3 Å². The molecule has 0 spiro atoms. The van der Waals surface area contributed by atoms with E-state index in [4.69, 9.17) is 11.6 Å². The molecule has 3 heterocycles. The van der Waals surface area contributed by atoms with E-state index in [0.717, 1.165) is 33.5 Å². The van der Waals surface area contributed by atoms with Crippen molar-refractivity contribution >= 4 is 44.2 Å². The average molecular weight is 315 g/mol. The maximum atomic E-state index is 6.10. The second-order valence-electron chi connectivity index (χ2n) is 4.70. The Hall–Kier alpha value is -1.98. The lowest BCUT2D eigenvalue weighted by Gasteiger charge is -2.05. The molecule has 0 aliphatic heterocycles. The Morgan fingerprint density at radius 1 is 1.24 bits per heavy atom. The third-order valence-electron chi connectivity index (χ3n) is 3.43. The Balaban J connectivity index is 2.07. The molecule has 0 fully saturated rings. The molecule has 1 aromatic carbocycles. The largest absolute Gasteiger partial charge is 0.282 e. The van der Waals surface area contributed by atoms with Crippen molar-refractivity contribution in [3.8, 4) is 5.82 Å². The Labute approximate surface area is 130 Å². The first kappa shape index (κ1) is 12.7. The second-order valence-corrected chi connectivity index (χ2v) is 6.16. The van der Waals surface area contributed by atoms with E-state index in [9.17, 15) is 0 Å². The van der Waals surface area contributed by atoms with E-state index in [0.29, 0.717) is 0 Å². The topological polar surface area (TPSA) is 43.6 Å². The Kier molecular flexibility index (Phi) is 2.90. The Morgan fingerprint density at radius 2 is 2.10 bits per heavy atom. The highest BCUT2D eigenvalue weighted by atomic mass is 35.5. The minimum atomic E-state index is 0.264. The quantitative estimate of drug-likeness (QED) is 0.520. The van der Waals surface area contributed by atoms with Crippen LogP contribution in [0.15, 0.2) is 36.7 Å². The summed E-state index contributed by atoms with van der Waals surface area (Å²) < 4.78 is 1.97. The third kappa shape index (κ3) is 2.01. The van der Waals surface area contributed by atoms with Crippen LogP contribution in [0.4, 0.5) is 0 Å². The number of halogens is 1. The molecular formula is C15H11ClN4S. The maximum Gasteiger partial charge on any atom is 0.225 e. The number of hydrogen-bond acceptors (Lipinski definition) is 4. The zero-order chi connectivity index (χ0) is 14.4. The molecule has 0 unspecified atom stereocenters. The predicted molar refractivity (Wildman–Crippen MR) is 86.4 cm³/mol. The Morgan fingerprint density at radius 3 is 2.95 bits per heavy atom. The van der Waals surface area contributed by atoms with Gasteiger partial charge in [0, 0.05) is 4.88 Å². The maximum absolute atomic E-state index is 6.10. The van der Waals surface area contributed by atoms with Gasteiger partial charge in [-0.25, -0.2) is 9.97 Å². The van der Waals surface area contributed by atoms with E-state index in [1.165, 1.54) is 4.88 Å². The van der Waals surface area contributed by atoms with Gasteiger partial charge in [-0.3, -0.25) is 4.57 Å². The molecule has 0 saturated heterocycles. The number of imidazole rings is 1. The minimum absolute atomic E-state index is 0.264. The number of para-hydroxylation sites is 2. The number of fused-ring (bicyclic) bond motifs is 2. The van der Waals surface area contributed by atoms with Gasteiger partial charge in [-0.2, -0.15) is 4.98 Å². The van der Waals surface area contributed by atoms with Gasteiger partial charge < -0.3 is 0 Å². The molecule has 0 amide bonds. The first-order chi connectivity index (χ1) is 10.3. The molecule has 0 radical (unpaired) electrons. The molecule has 104 valence electrons. The molecule has 0 aliphatic rings. The van der Waals surface area contributed by atoms with Crippen LogP contribution < -0.4 is 0 Å². The average Bonchev–Trinajstić information content (AvgIpc) is 3.09. The van der Waals surface area contributed by atoms with Gasteiger partial charge in [0.05, 0.1) is 16.4 Å². The number of rotatable bonds is 2. The normalized spacial score (nSPS) is 11.5. The molecule has 4 aromatic rings. The van der Waals surface area contributed by atoms with Crippen LogP contribution in [0, 0.1) is 0 Å². The molecule has 0 atom stereocenters. The fourth-order valence-electron chi connectivity index (χ4n) is 2.42. The van der Waals surface area contributed by atoms with Gasteiger partial charge in [-0.1, -0.05) is 19.1 Å². The van der Waals surface area contributed by atoms with E-state index < -0.39 is 0 Å². The van der Waals surface area contributed by atoms with Crippen molar-refractivity contribution in [1.29, 1.82) is 0 Å². The highest BCUT2D eigenvalue weighted by molar-refractivity contribution is 7.18.